The molecule has 0 aliphatic rings. The van der Waals surface area contributed by atoms with Crippen molar-refractivity contribution in [3.8, 4) is 6.01 Å². The lowest BCUT2D eigenvalue weighted by atomic mass is 10.3. The van der Waals surface area contributed by atoms with Crippen molar-refractivity contribution in [3.05, 3.63) is 27.8 Å². The van der Waals surface area contributed by atoms with Crippen LogP contribution in [0.5, 0.6) is 6.01 Å². The fourth-order valence-corrected chi connectivity index (χ4v) is 1.92. The van der Waals surface area contributed by atoms with E-state index < -0.39 is 0 Å². The Morgan fingerprint density at radius 3 is 2.58 bits per heavy atom. The lowest BCUT2D eigenvalue weighted by molar-refractivity contribution is 0.312. The second-order valence-electron chi connectivity index (χ2n) is 3.55. The molecular formula is C12H14IN5O. The van der Waals surface area contributed by atoms with Crippen molar-refractivity contribution < 1.29 is 4.74 Å². The molecule has 1 heterocycles. The summed E-state index contributed by atoms with van der Waals surface area (Å²) in [5.41, 5.74) is 0.943. The molecule has 0 aliphatic heterocycles. The van der Waals surface area contributed by atoms with Gasteiger partial charge in [-0.3, -0.25) is 0 Å². The van der Waals surface area contributed by atoms with E-state index in [0.29, 0.717) is 24.5 Å². The summed E-state index contributed by atoms with van der Waals surface area (Å²) >= 11 is 2.25. The zero-order chi connectivity index (χ0) is 13.7. The van der Waals surface area contributed by atoms with Gasteiger partial charge >= 0.3 is 6.01 Å². The minimum atomic E-state index is 0.301. The van der Waals surface area contributed by atoms with Crippen LogP contribution >= 0.6 is 22.6 Å². The topological polar surface area (TPSA) is 72.0 Å². The van der Waals surface area contributed by atoms with Crippen molar-refractivity contribution in [2.24, 2.45) is 0 Å². The average Bonchev–Trinajstić information content (AvgIpc) is 2.41. The molecule has 0 saturated carbocycles. The van der Waals surface area contributed by atoms with E-state index in [-0.39, 0.29) is 0 Å². The van der Waals surface area contributed by atoms with E-state index in [1.54, 1.807) is 7.05 Å². The zero-order valence-corrected chi connectivity index (χ0v) is 12.8. The largest absolute Gasteiger partial charge is 0.464 e. The van der Waals surface area contributed by atoms with Crippen molar-refractivity contribution in [1.29, 1.82) is 0 Å². The predicted octanol–water partition coefficient (Wildman–Crippen LogP) is 2.66. The molecule has 0 atom stereocenters. The van der Waals surface area contributed by atoms with Crippen LogP contribution in [0, 0.1) is 3.57 Å². The molecule has 7 heteroatoms. The maximum Gasteiger partial charge on any atom is 0.323 e. The van der Waals surface area contributed by atoms with Crippen molar-refractivity contribution >= 4 is 40.2 Å². The number of halogens is 1. The van der Waals surface area contributed by atoms with E-state index in [9.17, 15) is 0 Å². The highest BCUT2D eigenvalue weighted by atomic mass is 127. The molecule has 0 bridgehead atoms. The van der Waals surface area contributed by atoms with Crippen molar-refractivity contribution in [2.45, 2.75) is 6.92 Å². The number of nitrogens with zero attached hydrogens (tertiary/aromatic N) is 3. The van der Waals surface area contributed by atoms with Crippen LogP contribution in [0.2, 0.25) is 0 Å². The number of aromatic nitrogens is 3. The number of ether oxygens (including phenoxy) is 1. The Kier molecular flexibility index (Phi) is 4.72. The summed E-state index contributed by atoms with van der Waals surface area (Å²) < 4.78 is 6.40. The molecule has 100 valence electrons. The maximum atomic E-state index is 5.31. The van der Waals surface area contributed by atoms with Gasteiger partial charge in [0.05, 0.1) is 12.3 Å². The van der Waals surface area contributed by atoms with Crippen LogP contribution in [0.1, 0.15) is 6.92 Å². The van der Waals surface area contributed by atoms with E-state index in [2.05, 4.69) is 48.2 Å². The highest BCUT2D eigenvalue weighted by Crippen LogP contribution is 2.21. The lowest BCUT2D eigenvalue weighted by Gasteiger charge is -2.09. The van der Waals surface area contributed by atoms with Crippen LogP contribution in [0.15, 0.2) is 24.3 Å². The Hall–Kier alpha value is -1.64. The van der Waals surface area contributed by atoms with Gasteiger partial charge in [-0.2, -0.15) is 15.0 Å². The molecule has 0 aliphatic carbocycles. The van der Waals surface area contributed by atoms with Crippen LogP contribution in [-0.4, -0.2) is 28.6 Å². The fourth-order valence-electron chi connectivity index (χ4n) is 1.40. The number of hydrogen-bond donors (Lipinski definition) is 2. The molecule has 0 saturated heterocycles. The van der Waals surface area contributed by atoms with Crippen LogP contribution in [-0.2, 0) is 0 Å². The molecule has 19 heavy (non-hydrogen) atoms. The minimum absolute atomic E-state index is 0.301. The first-order valence-electron chi connectivity index (χ1n) is 5.81. The van der Waals surface area contributed by atoms with E-state index in [0.717, 1.165) is 9.26 Å². The summed E-state index contributed by atoms with van der Waals surface area (Å²) in [6, 6.07) is 8.20. The molecule has 2 N–H and O–H groups in total. The number of para-hydroxylation sites is 1. The van der Waals surface area contributed by atoms with Gasteiger partial charge in [-0.05, 0) is 41.6 Å². The first-order chi connectivity index (χ1) is 9.22. The van der Waals surface area contributed by atoms with Gasteiger partial charge in [0.15, 0.2) is 0 Å². The summed E-state index contributed by atoms with van der Waals surface area (Å²) in [6.45, 7) is 2.39. The Morgan fingerprint density at radius 2 is 1.89 bits per heavy atom. The summed E-state index contributed by atoms with van der Waals surface area (Å²) in [6.07, 6.45) is 0. The SMILES string of the molecule is CCOc1nc(NC)nc(Nc2ccccc2I)n1. The molecule has 0 amide bonds. The summed E-state index contributed by atoms with van der Waals surface area (Å²) in [4.78, 5) is 12.6. The Labute approximate surface area is 125 Å². The molecule has 0 fully saturated rings. The maximum absolute atomic E-state index is 5.31. The van der Waals surface area contributed by atoms with E-state index in [4.69, 9.17) is 4.74 Å². The van der Waals surface area contributed by atoms with Crippen LogP contribution < -0.4 is 15.4 Å². The molecule has 1 aromatic heterocycles. The smallest absolute Gasteiger partial charge is 0.323 e. The Bertz CT molecular complexity index is 564. The fraction of sp³-hybridized carbons (Fsp3) is 0.250. The molecule has 6 nitrogen and oxygen atoms in total. The van der Waals surface area contributed by atoms with Crippen LogP contribution in [0.4, 0.5) is 17.6 Å². The number of hydrogen-bond acceptors (Lipinski definition) is 6. The van der Waals surface area contributed by atoms with Gasteiger partial charge in [0.25, 0.3) is 0 Å². The van der Waals surface area contributed by atoms with Gasteiger partial charge in [-0.25, -0.2) is 0 Å². The van der Waals surface area contributed by atoms with Gasteiger partial charge in [0, 0.05) is 10.6 Å². The van der Waals surface area contributed by atoms with Crippen molar-refractivity contribution in [1.82, 2.24) is 15.0 Å². The third-order valence-electron chi connectivity index (χ3n) is 2.23. The number of nitrogens with one attached hydrogen (secondary N) is 2. The first kappa shape index (κ1) is 13.8. The molecular weight excluding hydrogens is 357 g/mol. The monoisotopic (exact) mass is 371 g/mol. The minimum Gasteiger partial charge on any atom is -0.464 e. The quantitative estimate of drug-likeness (QED) is 0.788. The van der Waals surface area contributed by atoms with E-state index in [1.165, 1.54) is 0 Å². The summed E-state index contributed by atoms with van der Waals surface area (Å²) in [7, 11) is 1.75. The molecule has 2 rings (SSSR count). The van der Waals surface area contributed by atoms with E-state index >= 15 is 0 Å². The van der Waals surface area contributed by atoms with Gasteiger partial charge in [0.1, 0.15) is 0 Å². The molecule has 0 spiro atoms. The number of benzene rings is 1. The molecule has 2 aromatic rings. The van der Waals surface area contributed by atoms with Gasteiger partial charge in [-0.15, -0.1) is 0 Å². The molecule has 0 radical (unpaired) electrons. The summed E-state index contributed by atoms with van der Waals surface area (Å²) in [5.74, 6) is 0.916. The predicted molar refractivity (Wildman–Crippen MR) is 83.0 cm³/mol. The molecule has 1 aromatic carbocycles. The van der Waals surface area contributed by atoms with Gasteiger partial charge in [-0.1, -0.05) is 12.1 Å². The second kappa shape index (κ2) is 6.50. The summed E-state index contributed by atoms with van der Waals surface area (Å²) in [5, 5.41) is 6.04. The highest BCUT2D eigenvalue weighted by Gasteiger charge is 2.07. The number of anilines is 3. The Balaban J connectivity index is 2.29. The normalized spacial score (nSPS) is 10.1. The van der Waals surface area contributed by atoms with Gasteiger partial charge in [0.2, 0.25) is 11.9 Å². The lowest BCUT2D eigenvalue weighted by Crippen LogP contribution is -2.07. The standard InChI is InChI=1S/C12H14IN5O/c1-3-19-12-17-10(14-2)16-11(18-12)15-9-7-5-4-6-8(9)13/h4-7H,3H2,1-2H3,(H2,14,15,16,17,18). The van der Waals surface area contributed by atoms with Gasteiger partial charge < -0.3 is 15.4 Å². The van der Waals surface area contributed by atoms with Crippen molar-refractivity contribution in [3.63, 3.8) is 0 Å². The zero-order valence-electron chi connectivity index (χ0n) is 10.6. The van der Waals surface area contributed by atoms with Crippen molar-refractivity contribution in [2.75, 3.05) is 24.3 Å². The van der Waals surface area contributed by atoms with E-state index in [1.807, 2.05) is 31.2 Å². The third-order valence-corrected chi connectivity index (χ3v) is 3.17. The highest BCUT2D eigenvalue weighted by molar-refractivity contribution is 14.1. The van der Waals surface area contributed by atoms with Crippen LogP contribution in [0.25, 0.3) is 0 Å². The average molecular weight is 371 g/mol. The Morgan fingerprint density at radius 1 is 1.16 bits per heavy atom. The number of rotatable bonds is 5. The first-order valence-corrected chi connectivity index (χ1v) is 6.89. The van der Waals surface area contributed by atoms with Crippen LogP contribution in [0.3, 0.4) is 0 Å². The third kappa shape index (κ3) is 3.66. The molecule has 0 unspecified atom stereocenters. The second-order valence-corrected chi connectivity index (χ2v) is 4.72.